The minimum atomic E-state index is -2.01. The Morgan fingerprint density at radius 2 is 1.82 bits per heavy atom. The third-order valence-corrected chi connectivity index (χ3v) is 12.6. The number of hydrogen-bond acceptors (Lipinski definition) is 2. The molecule has 0 radical (unpaired) electrons. The molecule has 62 valence electrons. The van der Waals surface area contributed by atoms with Crippen LogP contribution in [-0.2, 0) is 0 Å². The Kier molecular flexibility index (Phi) is 3.12. The molecular weight excluding hydrogens is 308 g/mol. The van der Waals surface area contributed by atoms with Crippen LogP contribution in [0.2, 0.25) is 24.4 Å². The van der Waals surface area contributed by atoms with E-state index in [2.05, 4.69) is 19.8 Å². The molecule has 1 rings (SSSR count). The van der Waals surface area contributed by atoms with Gasteiger partial charge in [-0.1, -0.05) is 0 Å². The maximum absolute atomic E-state index is 5.90. The summed E-state index contributed by atoms with van der Waals surface area (Å²) in [4.78, 5) is 10.9. The molecule has 1 heterocycles. The van der Waals surface area contributed by atoms with Gasteiger partial charge in [0, 0.05) is 0 Å². The number of hydrogen-bond donors (Lipinski definition) is 0. The van der Waals surface area contributed by atoms with E-state index in [4.69, 9.17) is 23.2 Å². The van der Waals surface area contributed by atoms with E-state index < -0.39 is 18.4 Å². The molecule has 0 aromatic carbocycles. The van der Waals surface area contributed by atoms with Crippen LogP contribution in [0.25, 0.3) is 0 Å². The molecule has 0 bridgehead atoms. The first kappa shape index (κ1) is 10.1. The van der Waals surface area contributed by atoms with Gasteiger partial charge in [-0.3, -0.25) is 0 Å². The van der Waals surface area contributed by atoms with Crippen LogP contribution in [0.4, 0.5) is 0 Å². The number of rotatable bonds is 1. The van der Waals surface area contributed by atoms with E-state index in [0.29, 0.717) is 9.62 Å². The Morgan fingerprint density at radius 1 is 1.27 bits per heavy atom. The van der Waals surface area contributed by atoms with Gasteiger partial charge < -0.3 is 0 Å². The molecule has 0 N–H and O–H groups in total. The van der Waals surface area contributed by atoms with E-state index in [9.17, 15) is 0 Å². The Bertz CT molecular complexity index is 266. The summed E-state index contributed by atoms with van der Waals surface area (Å²) in [6, 6.07) is 0. The molecule has 5 heteroatoms. The molecular formula is C6H9Cl2NSSn. The number of thiazole rings is 1. The zero-order chi connectivity index (χ0) is 8.65. The van der Waals surface area contributed by atoms with E-state index in [-0.39, 0.29) is 0 Å². The summed E-state index contributed by atoms with van der Waals surface area (Å²) in [5, 5.41) is 0.628. The first-order valence-electron chi connectivity index (χ1n) is 3.23. The second-order valence-electron chi connectivity index (χ2n) is 3.34. The van der Waals surface area contributed by atoms with Crippen molar-refractivity contribution in [3.63, 3.8) is 0 Å². The number of halogens is 2. The summed E-state index contributed by atoms with van der Waals surface area (Å²) in [5.74, 6) is 0. The van der Waals surface area contributed by atoms with Gasteiger partial charge in [-0.2, -0.15) is 0 Å². The fraction of sp³-hybridized carbons (Fsp3) is 0.500. The summed E-state index contributed by atoms with van der Waals surface area (Å²) >= 11 is 11.1. The van der Waals surface area contributed by atoms with Crippen molar-refractivity contribution >= 4 is 55.8 Å². The third-order valence-electron chi connectivity index (χ3n) is 1.24. The standard InChI is InChI=1S/C3Cl2NS.3CH3.Sn/c4-2-1-7-3(5)6-2;;;;/h;3*1H3;. The van der Waals surface area contributed by atoms with Crippen LogP contribution >= 0.6 is 34.5 Å². The van der Waals surface area contributed by atoms with Crippen molar-refractivity contribution in [1.29, 1.82) is 0 Å². The Balaban J connectivity index is 3.13. The fourth-order valence-corrected chi connectivity index (χ4v) is 9.92. The van der Waals surface area contributed by atoms with Gasteiger partial charge in [0.15, 0.2) is 0 Å². The summed E-state index contributed by atoms with van der Waals surface area (Å²) in [5.41, 5.74) is 0. The van der Waals surface area contributed by atoms with Crippen molar-refractivity contribution in [3.8, 4) is 0 Å². The van der Waals surface area contributed by atoms with Gasteiger partial charge in [0.2, 0.25) is 0 Å². The Labute approximate surface area is 84.6 Å². The van der Waals surface area contributed by atoms with Gasteiger partial charge in [0.1, 0.15) is 0 Å². The van der Waals surface area contributed by atoms with E-state index in [1.54, 1.807) is 0 Å². The van der Waals surface area contributed by atoms with Crippen molar-refractivity contribution in [1.82, 2.24) is 4.98 Å². The van der Waals surface area contributed by atoms with E-state index >= 15 is 0 Å². The molecule has 0 unspecified atom stereocenters. The van der Waals surface area contributed by atoms with Crippen LogP contribution in [0.5, 0.6) is 0 Å². The van der Waals surface area contributed by atoms with E-state index in [1.807, 2.05) is 0 Å². The van der Waals surface area contributed by atoms with Crippen molar-refractivity contribution in [2.45, 2.75) is 14.8 Å². The second-order valence-corrected chi connectivity index (χ2v) is 20.6. The molecule has 0 aliphatic carbocycles. The van der Waals surface area contributed by atoms with Crippen molar-refractivity contribution in [2.24, 2.45) is 0 Å². The second kappa shape index (κ2) is 3.40. The molecule has 11 heavy (non-hydrogen) atoms. The zero-order valence-electron chi connectivity index (χ0n) is 6.61. The van der Waals surface area contributed by atoms with Gasteiger partial charge >= 0.3 is 85.2 Å². The van der Waals surface area contributed by atoms with Crippen LogP contribution < -0.4 is 2.89 Å². The molecule has 0 spiro atoms. The quantitative estimate of drug-likeness (QED) is 0.726. The van der Waals surface area contributed by atoms with Gasteiger partial charge in [-0.15, -0.1) is 0 Å². The predicted molar refractivity (Wildman–Crippen MR) is 55.1 cm³/mol. The maximum atomic E-state index is 5.90. The van der Waals surface area contributed by atoms with Crippen molar-refractivity contribution in [2.75, 3.05) is 0 Å². The van der Waals surface area contributed by atoms with Gasteiger partial charge in [0.05, 0.1) is 0 Å². The van der Waals surface area contributed by atoms with Crippen molar-refractivity contribution in [3.05, 3.63) is 9.62 Å². The van der Waals surface area contributed by atoms with Crippen LogP contribution in [0, 0.1) is 0 Å². The molecule has 0 amide bonds. The molecule has 0 saturated heterocycles. The van der Waals surface area contributed by atoms with Crippen LogP contribution in [0.3, 0.4) is 0 Å². The molecule has 1 aromatic rings. The molecule has 0 aliphatic rings. The first-order valence-corrected chi connectivity index (χ1v) is 14.8. The average molecular weight is 317 g/mol. The fourth-order valence-electron chi connectivity index (χ4n) is 0.740. The first-order chi connectivity index (χ1) is 4.91. The minimum absolute atomic E-state index is 0.566. The van der Waals surface area contributed by atoms with E-state index in [0.717, 1.165) is 0 Å². The van der Waals surface area contributed by atoms with E-state index in [1.165, 1.54) is 14.2 Å². The van der Waals surface area contributed by atoms with Crippen LogP contribution in [0.15, 0.2) is 0 Å². The van der Waals surface area contributed by atoms with Crippen LogP contribution in [-0.4, -0.2) is 23.4 Å². The Morgan fingerprint density at radius 3 is 2.00 bits per heavy atom. The third kappa shape index (κ3) is 2.47. The molecule has 1 nitrogen and oxygen atoms in total. The monoisotopic (exact) mass is 317 g/mol. The molecule has 0 aliphatic heterocycles. The van der Waals surface area contributed by atoms with Crippen LogP contribution in [0.1, 0.15) is 0 Å². The predicted octanol–water partition coefficient (Wildman–Crippen LogP) is 3.00. The molecule has 1 aromatic heterocycles. The number of nitrogens with zero attached hydrogens (tertiary/aromatic N) is 1. The van der Waals surface area contributed by atoms with Gasteiger partial charge in [-0.05, 0) is 0 Å². The topological polar surface area (TPSA) is 12.9 Å². The summed E-state index contributed by atoms with van der Waals surface area (Å²) in [6.45, 7) is 0. The normalized spacial score (nSPS) is 12.1. The molecule has 0 saturated carbocycles. The zero-order valence-corrected chi connectivity index (χ0v) is 11.8. The number of aromatic nitrogens is 1. The average Bonchev–Trinajstić information content (AvgIpc) is 2.08. The summed E-state index contributed by atoms with van der Waals surface area (Å²) in [7, 11) is 0. The summed E-state index contributed by atoms with van der Waals surface area (Å²) in [6.07, 6.45) is 0. The Hall–Kier alpha value is 1.01. The molecule has 0 fully saturated rings. The summed E-state index contributed by atoms with van der Waals surface area (Å²) < 4.78 is 1.82. The van der Waals surface area contributed by atoms with Gasteiger partial charge in [-0.25, -0.2) is 0 Å². The van der Waals surface area contributed by atoms with Gasteiger partial charge in [0.25, 0.3) is 0 Å². The SMILES string of the molecule is [CH3][Sn]([CH3])([CH3])[c]1sc(Cl)nc1Cl. The molecule has 0 atom stereocenters. The van der Waals surface area contributed by atoms with Crippen molar-refractivity contribution < 1.29 is 0 Å².